The lowest BCUT2D eigenvalue weighted by Gasteiger charge is -2.38. The van der Waals surface area contributed by atoms with E-state index in [0.29, 0.717) is 13.1 Å². The zero-order valence-corrected chi connectivity index (χ0v) is 16.2. The Balaban J connectivity index is 2.11. The topological polar surface area (TPSA) is 73.9 Å². The predicted octanol–water partition coefficient (Wildman–Crippen LogP) is 0.818. The zero-order valence-electron chi connectivity index (χ0n) is 15.4. The predicted molar refractivity (Wildman–Crippen MR) is 100 cm³/mol. The Labute approximate surface area is 151 Å². The van der Waals surface area contributed by atoms with Crippen LogP contribution < -0.4 is 14.2 Å². The molecule has 25 heavy (non-hydrogen) atoms. The standard InChI is InChI=1S/C17H30N4O3S/c1-4-9-18-25(22,23)19-14-17(21-12-10-20(2)11-13-21)15-5-7-16(24-3)8-6-15/h5-8,17-19H,4,9-14H2,1-3H3. The van der Waals surface area contributed by atoms with E-state index in [9.17, 15) is 8.42 Å². The first-order chi connectivity index (χ1) is 11.9. The van der Waals surface area contributed by atoms with Gasteiger partial charge in [0.25, 0.3) is 10.2 Å². The molecule has 1 saturated heterocycles. The largest absolute Gasteiger partial charge is 0.497 e. The van der Waals surface area contributed by atoms with Crippen molar-refractivity contribution in [3.63, 3.8) is 0 Å². The summed E-state index contributed by atoms with van der Waals surface area (Å²) in [5.41, 5.74) is 1.09. The second-order valence-corrected chi connectivity index (χ2v) is 7.96. The van der Waals surface area contributed by atoms with Gasteiger partial charge in [0.2, 0.25) is 0 Å². The molecule has 142 valence electrons. The van der Waals surface area contributed by atoms with Crippen LogP contribution in [0.5, 0.6) is 5.75 Å². The summed E-state index contributed by atoms with van der Waals surface area (Å²) in [4.78, 5) is 4.62. The minimum Gasteiger partial charge on any atom is -0.497 e. The lowest BCUT2D eigenvalue weighted by Crippen LogP contribution is -2.49. The lowest BCUT2D eigenvalue weighted by molar-refractivity contribution is 0.113. The van der Waals surface area contributed by atoms with Crippen LogP contribution in [0.25, 0.3) is 0 Å². The summed E-state index contributed by atoms with van der Waals surface area (Å²) in [6, 6.07) is 7.85. The molecular weight excluding hydrogens is 340 g/mol. The molecule has 1 aliphatic rings. The Morgan fingerprint density at radius 2 is 1.76 bits per heavy atom. The molecule has 1 fully saturated rings. The van der Waals surface area contributed by atoms with Gasteiger partial charge in [-0.3, -0.25) is 4.90 Å². The van der Waals surface area contributed by atoms with Gasteiger partial charge in [-0.15, -0.1) is 0 Å². The van der Waals surface area contributed by atoms with Crippen LogP contribution in [0.1, 0.15) is 24.9 Å². The summed E-state index contributed by atoms with van der Waals surface area (Å²) < 4.78 is 34.7. The van der Waals surface area contributed by atoms with E-state index >= 15 is 0 Å². The van der Waals surface area contributed by atoms with Gasteiger partial charge in [-0.05, 0) is 31.2 Å². The minimum absolute atomic E-state index is 0.00203. The van der Waals surface area contributed by atoms with Crippen molar-refractivity contribution in [2.45, 2.75) is 19.4 Å². The number of nitrogens with zero attached hydrogens (tertiary/aromatic N) is 2. The highest BCUT2D eigenvalue weighted by atomic mass is 32.2. The molecular formula is C17H30N4O3S. The number of nitrogens with one attached hydrogen (secondary N) is 2. The molecule has 0 saturated carbocycles. The molecule has 1 atom stereocenters. The second-order valence-electron chi connectivity index (χ2n) is 6.37. The highest BCUT2D eigenvalue weighted by Crippen LogP contribution is 2.24. The molecule has 1 unspecified atom stereocenters. The highest BCUT2D eigenvalue weighted by molar-refractivity contribution is 7.87. The molecule has 1 aliphatic heterocycles. The molecule has 7 nitrogen and oxygen atoms in total. The van der Waals surface area contributed by atoms with Gasteiger partial charge in [0.05, 0.1) is 7.11 Å². The molecule has 0 spiro atoms. The Morgan fingerprint density at radius 1 is 1.12 bits per heavy atom. The highest BCUT2D eigenvalue weighted by Gasteiger charge is 2.25. The number of ether oxygens (including phenoxy) is 1. The maximum absolute atomic E-state index is 12.1. The van der Waals surface area contributed by atoms with Gasteiger partial charge >= 0.3 is 0 Å². The Hall–Kier alpha value is -1.19. The van der Waals surface area contributed by atoms with Gasteiger partial charge in [-0.25, -0.2) is 9.44 Å². The smallest absolute Gasteiger partial charge is 0.276 e. The molecule has 0 amide bonds. The number of benzene rings is 1. The lowest BCUT2D eigenvalue weighted by atomic mass is 10.0. The van der Waals surface area contributed by atoms with Crippen molar-refractivity contribution in [3.8, 4) is 5.75 Å². The fourth-order valence-corrected chi connectivity index (χ4v) is 3.85. The molecule has 2 rings (SSSR count). The summed E-state index contributed by atoms with van der Waals surface area (Å²) in [5, 5.41) is 0. The van der Waals surface area contributed by atoms with E-state index in [1.165, 1.54) is 0 Å². The van der Waals surface area contributed by atoms with E-state index in [-0.39, 0.29) is 6.04 Å². The van der Waals surface area contributed by atoms with Crippen molar-refractivity contribution in [2.75, 3.05) is 53.4 Å². The van der Waals surface area contributed by atoms with Crippen LogP contribution in [0.3, 0.4) is 0 Å². The van der Waals surface area contributed by atoms with Crippen molar-refractivity contribution in [1.29, 1.82) is 0 Å². The Bertz CT molecular complexity index is 613. The molecule has 8 heteroatoms. The number of rotatable bonds is 9. The van der Waals surface area contributed by atoms with Crippen molar-refractivity contribution in [2.24, 2.45) is 0 Å². The third-order valence-electron chi connectivity index (χ3n) is 4.49. The van der Waals surface area contributed by atoms with Gasteiger partial charge in [-0.2, -0.15) is 8.42 Å². The first kappa shape index (κ1) is 20.1. The summed E-state index contributed by atoms with van der Waals surface area (Å²) in [5.74, 6) is 0.797. The quantitative estimate of drug-likeness (QED) is 0.673. The van der Waals surface area contributed by atoms with Crippen LogP contribution in [0.2, 0.25) is 0 Å². The maximum atomic E-state index is 12.1. The van der Waals surface area contributed by atoms with Gasteiger partial charge in [0, 0.05) is 45.3 Å². The van der Waals surface area contributed by atoms with Gasteiger partial charge in [0.1, 0.15) is 5.75 Å². The Kier molecular flexibility index (Phi) is 7.64. The monoisotopic (exact) mass is 370 g/mol. The number of piperazine rings is 1. The second kappa shape index (κ2) is 9.49. The van der Waals surface area contributed by atoms with Crippen LogP contribution >= 0.6 is 0 Å². The van der Waals surface area contributed by atoms with Crippen molar-refractivity contribution >= 4 is 10.2 Å². The van der Waals surface area contributed by atoms with E-state index < -0.39 is 10.2 Å². The number of hydrogen-bond acceptors (Lipinski definition) is 5. The molecule has 1 heterocycles. The average Bonchev–Trinajstić information content (AvgIpc) is 2.62. The SMILES string of the molecule is CCCNS(=O)(=O)NCC(c1ccc(OC)cc1)N1CCN(C)CC1. The van der Waals surface area contributed by atoms with Crippen LogP contribution in [0.15, 0.2) is 24.3 Å². The summed E-state index contributed by atoms with van der Waals surface area (Å²) in [7, 11) is 0.277. The first-order valence-corrected chi connectivity index (χ1v) is 10.2. The zero-order chi connectivity index (χ0) is 18.3. The molecule has 1 aromatic carbocycles. The molecule has 1 aromatic rings. The molecule has 0 radical (unpaired) electrons. The summed E-state index contributed by atoms with van der Waals surface area (Å²) in [6.07, 6.45) is 0.765. The number of hydrogen-bond donors (Lipinski definition) is 2. The number of methoxy groups -OCH3 is 1. The molecule has 0 bridgehead atoms. The van der Waals surface area contributed by atoms with Gasteiger partial charge < -0.3 is 9.64 Å². The van der Waals surface area contributed by atoms with Crippen LogP contribution in [0.4, 0.5) is 0 Å². The third-order valence-corrected chi connectivity index (χ3v) is 5.62. The van der Waals surface area contributed by atoms with Gasteiger partial charge in [-0.1, -0.05) is 19.1 Å². The van der Waals surface area contributed by atoms with Crippen LogP contribution in [-0.4, -0.2) is 71.6 Å². The molecule has 2 N–H and O–H groups in total. The van der Waals surface area contributed by atoms with Gasteiger partial charge in [0.15, 0.2) is 0 Å². The molecule has 0 aliphatic carbocycles. The summed E-state index contributed by atoms with van der Waals surface area (Å²) in [6.45, 7) is 6.51. The third kappa shape index (κ3) is 6.23. The van der Waals surface area contributed by atoms with Crippen LogP contribution in [-0.2, 0) is 10.2 Å². The molecule has 0 aromatic heterocycles. The van der Waals surface area contributed by atoms with E-state index in [1.54, 1.807) is 7.11 Å². The Morgan fingerprint density at radius 3 is 2.32 bits per heavy atom. The van der Waals surface area contributed by atoms with Crippen molar-refractivity contribution in [3.05, 3.63) is 29.8 Å². The van der Waals surface area contributed by atoms with E-state index in [1.807, 2.05) is 31.2 Å². The van der Waals surface area contributed by atoms with Crippen molar-refractivity contribution < 1.29 is 13.2 Å². The number of likely N-dealkylation sites (N-methyl/N-ethyl adjacent to an activating group) is 1. The van der Waals surface area contributed by atoms with Crippen LogP contribution in [0, 0.1) is 0 Å². The fourth-order valence-electron chi connectivity index (χ4n) is 2.89. The average molecular weight is 371 g/mol. The van der Waals surface area contributed by atoms with E-state index in [2.05, 4.69) is 26.3 Å². The summed E-state index contributed by atoms with van der Waals surface area (Å²) >= 11 is 0. The van der Waals surface area contributed by atoms with E-state index in [0.717, 1.165) is 43.9 Å². The normalized spacial score (nSPS) is 18.2. The minimum atomic E-state index is -3.47. The van der Waals surface area contributed by atoms with Crippen molar-refractivity contribution in [1.82, 2.24) is 19.2 Å². The van der Waals surface area contributed by atoms with E-state index in [4.69, 9.17) is 4.74 Å². The first-order valence-electron chi connectivity index (χ1n) is 8.76. The fraction of sp³-hybridized carbons (Fsp3) is 0.647. The maximum Gasteiger partial charge on any atom is 0.276 e.